The number of pyridine rings is 1. The van der Waals surface area contributed by atoms with Gasteiger partial charge in [-0.05, 0) is 49.0 Å². The molecule has 19 heavy (non-hydrogen) atoms. The van der Waals surface area contributed by atoms with Crippen molar-refractivity contribution in [3.63, 3.8) is 0 Å². The Morgan fingerprint density at radius 2 is 1.79 bits per heavy atom. The van der Waals surface area contributed by atoms with E-state index in [1.807, 2.05) is 19.1 Å². The summed E-state index contributed by atoms with van der Waals surface area (Å²) >= 11 is 17.0. The second-order valence-electron chi connectivity index (χ2n) is 3.96. The van der Waals surface area contributed by atoms with Gasteiger partial charge in [0.2, 0.25) is 0 Å². The van der Waals surface area contributed by atoms with Crippen molar-refractivity contribution in [3.05, 3.63) is 52.1 Å². The molecule has 1 aromatic heterocycles. The van der Waals surface area contributed by atoms with E-state index in [-0.39, 0.29) is 0 Å². The fourth-order valence-electron chi connectivity index (χ4n) is 1.45. The number of halogens is 2. The molecular weight excluding hydrogens is 301 g/mol. The quantitative estimate of drug-likeness (QED) is 0.800. The van der Waals surface area contributed by atoms with Crippen molar-refractivity contribution >= 4 is 52.0 Å². The molecule has 0 aliphatic heterocycles. The van der Waals surface area contributed by atoms with Gasteiger partial charge in [-0.3, -0.25) is 0 Å². The third kappa shape index (κ3) is 4.35. The van der Waals surface area contributed by atoms with Crippen LogP contribution in [0.3, 0.4) is 0 Å². The van der Waals surface area contributed by atoms with Crippen LogP contribution in [0.25, 0.3) is 0 Å². The molecule has 0 spiro atoms. The fraction of sp³-hybridized carbons (Fsp3) is 0.0769. The molecule has 0 fully saturated rings. The summed E-state index contributed by atoms with van der Waals surface area (Å²) < 4.78 is 0. The molecular formula is C13H11Cl2N3S. The van der Waals surface area contributed by atoms with Gasteiger partial charge in [0.05, 0.1) is 0 Å². The number of hydrogen-bond acceptors (Lipinski definition) is 2. The number of rotatable bonds is 2. The van der Waals surface area contributed by atoms with Crippen LogP contribution < -0.4 is 10.6 Å². The van der Waals surface area contributed by atoms with Crippen LogP contribution in [0.5, 0.6) is 0 Å². The molecule has 1 aromatic carbocycles. The van der Waals surface area contributed by atoms with Crippen molar-refractivity contribution in [1.82, 2.24) is 4.98 Å². The summed E-state index contributed by atoms with van der Waals surface area (Å²) in [6, 6.07) is 8.95. The van der Waals surface area contributed by atoms with Crippen LogP contribution in [0.4, 0.5) is 11.5 Å². The summed E-state index contributed by atoms with van der Waals surface area (Å²) in [5.74, 6) is 0.677. The van der Waals surface area contributed by atoms with E-state index < -0.39 is 0 Å². The van der Waals surface area contributed by atoms with Crippen LogP contribution in [0.15, 0.2) is 36.5 Å². The fourth-order valence-corrected chi connectivity index (χ4v) is 2.19. The maximum absolute atomic E-state index is 5.91. The van der Waals surface area contributed by atoms with Crippen molar-refractivity contribution in [2.75, 3.05) is 10.6 Å². The minimum absolute atomic E-state index is 0.426. The Morgan fingerprint density at radius 1 is 1.11 bits per heavy atom. The maximum atomic E-state index is 5.91. The van der Waals surface area contributed by atoms with E-state index in [9.17, 15) is 0 Å². The Kier molecular flexibility index (Phi) is 4.58. The van der Waals surface area contributed by atoms with Crippen LogP contribution in [0.1, 0.15) is 5.56 Å². The number of anilines is 2. The second kappa shape index (κ2) is 6.19. The molecule has 0 aliphatic rings. The lowest BCUT2D eigenvalue weighted by molar-refractivity contribution is 1.27. The van der Waals surface area contributed by atoms with Crippen molar-refractivity contribution in [1.29, 1.82) is 0 Å². The number of nitrogens with zero attached hydrogens (tertiary/aromatic N) is 1. The Morgan fingerprint density at radius 3 is 2.37 bits per heavy atom. The van der Waals surface area contributed by atoms with Gasteiger partial charge in [0.25, 0.3) is 0 Å². The molecule has 1 heterocycles. The van der Waals surface area contributed by atoms with Crippen LogP contribution in [0.2, 0.25) is 10.0 Å². The number of hydrogen-bond donors (Lipinski definition) is 2. The minimum Gasteiger partial charge on any atom is -0.332 e. The highest BCUT2D eigenvalue weighted by Crippen LogP contribution is 2.22. The van der Waals surface area contributed by atoms with Gasteiger partial charge in [-0.25, -0.2) is 4.98 Å². The highest BCUT2D eigenvalue weighted by Gasteiger charge is 2.02. The SMILES string of the molecule is Cc1ccc(NC(=S)Nc2cc(Cl)cc(Cl)c2)nc1. The zero-order valence-corrected chi connectivity index (χ0v) is 12.4. The van der Waals surface area contributed by atoms with Crippen LogP contribution >= 0.6 is 35.4 Å². The molecule has 6 heteroatoms. The molecule has 0 saturated carbocycles. The van der Waals surface area contributed by atoms with E-state index >= 15 is 0 Å². The van der Waals surface area contributed by atoms with Gasteiger partial charge in [0.1, 0.15) is 5.82 Å². The lowest BCUT2D eigenvalue weighted by atomic mass is 10.3. The van der Waals surface area contributed by atoms with E-state index in [4.69, 9.17) is 35.4 Å². The zero-order valence-electron chi connectivity index (χ0n) is 10.1. The van der Waals surface area contributed by atoms with E-state index in [1.165, 1.54) is 0 Å². The molecule has 3 nitrogen and oxygen atoms in total. The normalized spacial score (nSPS) is 10.1. The summed E-state index contributed by atoms with van der Waals surface area (Å²) in [5, 5.41) is 7.50. The molecule has 0 unspecified atom stereocenters. The highest BCUT2D eigenvalue weighted by atomic mass is 35.5. The summed E-state index contributed by atoms with van der Waals surface area (Å²) in [5.41, 5.74) is 1.81. The summed E-state index contributed by atoms with van der Waals surface area (Å²) in [6.45, 7) is 1.97. The second-order valence-corrected chi connectivity index (χ2v) is 5.24. The van der Waals surface area contributed by atoms with Crippen molar-refractivity contribution in [2.45, 2.75) is 6.92 Å². The number of aromatic nitrogens is 1. The van der Waals surface area contributed by atoms with Crippen LogP contribution in [-0.2, 0) is 0 Å². The Balaban J connectivity index is 2.03. The maximum Gasteiger partial charge on any atom is 0.176 e. The molecule has 0 saturated heterocycles. The smallest absolute Gasteiger partial charge is 0.176 e. The number of aryl methyl sites for hydroxylation is 1. The molecule has 0 aliphatic carbocycles. The molecule has 0 amide bonds. The predicted molar refractivity (Wildman–Crippen MR) is 85.3 cm³/mol. The van der Waals surface area contributed by atoms with E-state index in [0.717, 1.165) is 11.3 Å². The zero-order chi connectivity index (χ0) is 13.8. The minimum atomic E-state index is 0.426. The Bertz CT molecular complexity index is 579. The standard InChI is InChI=1S/C13H11Cl2N3S/c1-8-2-3-12(16-7-8)18-13(19)17-11-5-9(14)4-10(15)6-11/h2-7H,1H3,(H2,16,17,18,19). The van der Waals surface area contributed by atoms with Crippen LogP contribution in [-0.4, -0.2) is 10.1 Å². The summed E-state index contributed by atoms with van der Waals surface area (Å²) in [6.07, 6.45) is 1.77. The number of thiocarbonyl (C=S) groups is 1. The number of benzene rings is 1. The molecule has 2 rings (SSSR count). The van der Waals surface area contributed by atoms with Crippen molar-refractivity contribution in [2.24, 2.45) is 0 Å². The lowest BCUT2D eigenvalue weighted by Gasteiger charge is -2.10. The first-order valence-corrected chi connectivity index (χ1v) is 6.66. The Hall–Kier alpha value is -1.36. The molecule has 0 radical (unpaired) electrons. The van der Waals surface area contributed by atoms with Crippen molar-refractivity contribution < 1.29 is 0 Å². The largest absolute Gasteiger partial charge is 0.332 e. The average molecular weight is 312 g/mol. The van der Waals surface area contributed by atoms with E-state index in [0.29, 0.717) is 21.0 Å². The molecule has 98 valence electrons. The van der Waals surface area contributed by atoms with Gasteiger partial charge in [0.15, 0.2) is 5.11 Å². The van der Waals surface area contributed by atoms with Gasteiger partial charge in [-0.1, -0.05) is 29.3 Å². The van der Waals surface area contributed by atoms with Gasteiger partial charge in [-0.15, -0.1) is 0 Å². The van der Waals surface area contributed by atoms with Gasteiger partial charge < -0.3 is 10.6 Å². The first kappa shape index (κ1) is 14.1. The van der Waals surface area contributed by atoms with Gasteiger partial charge in [-0.2, -0.15) is 0 Å². The van der Waals surface area contributed by atoms with Gasteiger partial charge in [0, 0.05) is 21.9 Å². The Labute approximate surface area is 127 Å². The topological polar surface area (TPSA) is 37.0 Å². The summed E-state index contributed by atoms with van der Waals surface area (Å²) in [4.78, 5) is 4.20. The van der Waals surface area contributed by atoms with Gasteiger partial charge >= 0.3 is 0 Å². The molecule has 0 bridgehead atoms. The lowest BCUT2D eigenvalue weighted by Crippen LogP contribution is -2.19. The van der Waals surface area contributed by atoms with Crippen molar-refractivity contribution in [3.8, 4) is 0 Å². The molecule has 0 atom stereocenters. The third-order valence-electron chi connectivity index (χ3n) is 2.27. The monoisotopic (exact) mass is 311 g/mol. The number of nitrogens with one attached hydrogen (secondary N) is 2. The molecule has 2 N–H and O–H groups in total. The predicted octanol–water partition coefficient (Wildman–Crippen LogP) is 4.51. The van der Waals surface area contributed by atoms with Crippen LogP contribution in [0, 0.1) is 6.92 Å². The third-order valence-corrected chi connectivity index (χ3v) is 2.91. The first-order valence-electron chi connectivity index (χ1n) is 5.50. The molecule has 2 aromatic rings. The van der Waals surface area contributed by atoms with E-state index in [2.05, 4.69) is 15.6 Å². The first-order chi connectivity index (χ1) is 9.02. The summed E-state index contributed by atoms with van der Waals surface area (Å²) in [7, 11) is 0. The highest BCUT2D eigenvalue weighted by molar-refractivity contribution is 7.80. The van der Waals surface area contributed by atoms with E-state index in [1.54, 1.807) is 24.4 Å². The average Bonchev–Trinajstić information content (AvgIpc) is 2.30.